The van der Waals surface area contributed by atoms with E-state index >= 15 is 0 Å². The fraction of sp³-hybridized carbons (Fsp3) is 0.385. The van der Waals surface area contributed by atoms with Gasteiger partial charge in [-0.25, -0.2) is 4.39 Å². The molecule has 0 saturated carbocycles. The van der Waals surface area contributed by atoms with Gasteiger partial charge in [0, 0.05) is 28.4 Å². The van der Waals surface area contributed by atoms with Crippen molar-refractivity contribution in [3.8, 4) is 0 Å². The van der Waals surface area contributed by atoms with Gasteiger partial charge in [-0.05, 0) is 85.8 Å². The number of nitrogens with zero attached hydrogens (tertiary/aromatic N) is 2. The van der Waals surface area contributed by atoms with Gasteiger partial charge in [0.2, 0.25) is 0 Å². The highest BCUT2D eigenvalue weighted by molar-refractivity contribution is 8.18. The average molecular weight is 487 g/mol. The van der Waals surface area contributed by atoms with E-state index in [0.717, 1.165) is 41.6 Å². The van der Waals surface area contributed by atoms with Crippen molar-refractivity contribution in [3.05, 3.63) is 68.8 Å². The lowest BCUT2D eigenvalue weighted by atomic mass is 9.79. The maximum Gasteiger partial charge on any atom is 0.293 e. The Hall–Kier alpha value is -2.31. The molecule has 1 fully saturated rings. The molecule has 2 aromatic rings. The van der Waals surface area contributed by atoms with Crippen LogP contribution in [-0.2, 0) is 11.3 Å². The summed E-state index contributed by atoms with van der Waals surface area (Å²) in [5.74, 6) is -0.577. The van der Waals surface area contributed by atoms with Gasteiger partial charge in [0.25, 0.3) is 11.1 Å². The van der Waals surface area contributed by atoms with Crippen LogP contribution < -0.4 is 4.90 Å². The molecule has 2 aliphatic rings. The van der Waals surface area contributed by atoms with Crippen LogP contribution in [0.3, 0.4) is 0 Å². The monoisotopic (exact) mass is 486 g/mol. The summed E-state index contributed by atoms with van der Waals surface area (Å²) in [6, 6.07) is 10.6. The first-order valence-corrected chi connectivity index (χ1v) is 12.4. The van der Waals surface area contributed by atoms with Crippen LogP contribution in [0.15, 0.2) is 41.3 Å². The Morgan fingerprint density at radius 2 is 2.00 bits per heavy atom. The molecular formula is C26H28ClFN2O2S. The first kappa shape index (κ1) is 23.8. The Morgan fingerprint density at radius 1 is 1.24 bits per heavy atom. The third kappa shape index (κ3) is 4.56. The summed E-state index contributed by atoms with van der Waals surface area (Å²) in [6.45, 7) is 9.80. The van der Waals surface area contributed by atoms with Gasteiger partial charge in [-0.1, -0.05) is 37.6 Å². The minimum atomic E-state index is -0.534. The number of amides is 2. The second kappa shape index (κ2) is 9.15. The molecule has 2 heterocycles. The van der Waals surface area contributed by atoms with Crippen molar-refractivity contribution in [1.29, 1.82) is 0 Å². The Bertz CT molecular complexity index is 1130. The summed E-state index contributed by atoms with van der Waals surface area (Å²) in [5.41, 5.74) is 3.60. The minimum absolute atomic E-state index is 0.0839. The zero-order valence-electron chi connectivity index (χ0n) is 19.3. The zero-order valence-corrected chi connectivity index (χ0v) is 20.9. The second-order valence-corrected chi connectivity index (χ2v) is 10.8. The number of anilines is 1. The molecule has 1 saturated heterocycles. The number of carbonyl (C=O) groups excluding carboxylic acids is 2. The van der Waals surface area contributed by atoms with Crippen molar-refractivity contribution < 1.29 is 14.0 Å². The van der Waals surface area contributed by atoms with Crippen LogP contribution in [0.4, 0.5) is 14.9 Å². The Balaban J connectivity index is 1.62. The molecule has 7 heteroatoms. The van der Waals surface area contributed by atoms with E-state index < -0.39 is 17.0 Å². The van der Waals surface area contributed by atoms with E-state index in [1.807, 2.05) is 6.07 Å². The van der Waals surface area contributed by atoms with E-state index in [0.29, 0.717) is 10.8 Å². The predicted molar refractivity (Wildman–Crippen MR) is 134 cm³/mol. The van der Waals surface area contributed by atoms with Gasteiger partial charge in [0.1, 0.15) is 5.82 Å². The normalized spacial score (nSPS) is 21.2. The number of halogens is 2. The molecule has 2 amide bonds. The molecule has 174 valence electrons. The number of hydrogen-bond acceptors (Lipinski definition) is 4. The Kier molecular flexibility index (Phi) is 6.61. The van der Waals surface area contributed by atoms with Crippen LogP contribution in [0.1, 0.15) is 63.1 Å². The van der Waals surface area contributed by atoms with Crippen LogP contribution in [0.2, 0.25) is 5.02 Å². The molecule has 2 aromatic carbocycles. The van der Waals surface area contributed by atoms with E-state index in [1.54, 1.807) is 12.1 Å². The average Bonchev–Trinajstić information content (AvgIpc) is 3.00. The number of hydrogen-bond donors (Lipinski definition) is 0. The fourth-order valence-electron chi connectivity index (χ4n) is 4.87. The fourth-order valence-corrected chi connectivity index (χ4v) is 5.94. The van der Waals surface area contributed by atoms with Crippen molar-refractivity contribution in [2.45, 2.75) is 58.5 Å². The van der Waals surface area contributed by atoms with Crippen LogP contribution in [0, 0.1) is 5.82 Å². The lowest BCUT2D eigenvalue weighted by Crippen LogP contribution is -2.48. The van der Waals surface area contributed by atoms with Crippen molar-refractivity contribution in [1.82, 2.24) is 4.90 Å². The zero-order chi connectivity index (χ0) is 23.9. The SMILES string of the molecule is CCCN1c2ccc(/C=C3/SC(=O)N(Cc4c(F)cccc4Cl)C3=O)cc2C(C)CC1(C)C. The molecule has 0 spiro atoms. The molecule has 0 radical (unpaired) electrons. The number of fused-ring (bicyclic) bond motifs is 1. The number of thioether (sulfide) groups is 1. The van der Waals surface area contributed by atoms with Crippen molar-refractivity contribution in [2.75, 3.05) is 11.4 Å². The molecule has 0 bridgehead atoms. The predicted octanol–water partition coefficient (Wildman–Crippen LogP) is 7.22. The molecule has 0 aromatic heterocycles. The molecule has 0 aliphatic carbocycles. The first-order chi connectivity index (χ1) is 15.6. The maximum atomic E-state index is 14.2. The topological polar surface area (TPSA) is 40.6 Å². The van der Waals surface area contributed by atoms with Crippen molar-refractivity contribution >= 4 is 46.3 Å². The molecule has 1 unspecified atom stereocenters. The summed E-state index contributed by atoms with van der Waals surface area (Å²) in [7, 11) is 0. The molecule has 1 atom stereocenters. The van der Waals surface area contributed by atoms with Crippen LogP contribution in [0.5, 0.6) is 0 Å². The largest absolute Gasteiger partial charge is 0.366 e. The standard InChI is InChI=1S/C26H28ClFN2O2S/c1-5-11-30-22-10-9-17(12-18(22)16(2)14-26(30,3)4)13-23-24(31)29(25(32)33-23)15-19-20(27)7-6-8-21(19)28/h6-10,12-13,16H,5,11,14-15H2,1-4H3/b23-13+. The van der Waals surface area contributed by atoms with Gasteiger partial charge in [-0.2, -0.15) is 0 Å². The number of carbonyl (C=O) groups is 2. The van der Waals surface area contributed by atoms with E-state index in [1.165, 1.54) is 23.4 Å². The van der Waals surface area contributed by atoms with Crippen LogP contribution in [-0.4, -0.2) is 28.1 Å². The van der Waals surface area contributed by atoms with Crippen molar-refractivity contribution in [3.63, 3.8) is 0 Å². The molecule has 33 heavy (non-hydrogen) atoms. The second-order valence-electron chi connectivity index (χ2n) is 9.36. The molecular weight excluding hydrogens is 459 g/mol. The number of imide groups is 1. The van der Waals surface area contributed by atoms with Gasteiger partial charge in [-0.15, -0.1) is 0 Å². The van der Waals surface area contributed by atoms with Gasteiger partial charge in [0.05, 0.1) is 11.4 Å². The van der Waals surface area contributed by atoms with Crippen LogP contribution in [0.25, 0.3) is 6.08 Å². The summed E-state index contributed by atoms with van der Waals surface area (Å²) < 4.78 is 14.2. The summed E-state index contributed by atoms with van der Waals surface area (Å²) in [6.07, 6.45) is 3.87. The summed E-state index contributed by atoms with van der Waals surface area (Å²) in [4.78, 5) is 29.4. The lowest BCUT2D eigenvalue weighted by molar-refractivity contribution is -0.123. The van der Waals surface area contributed by atoms with Crippen molar-refractivity contribution in [2.24, 2.45) is 0 Å². The quantitative estimate of drug-likeness (QED) is 0.418. The van der Waals surface area contributed by atoms with Gasteiger partial charge >= 0.3 is 0 Å². The smallest absolute Gasteiger partial charge is 0.293 e. The first-order valence-electron chi connectivity index (χ1n) is 11.2. The van der Waals surface area contributed by atoms with E-state index in [-0.39, 0.29) is 22.7 Å². The molecule has 4 rings (SSSR count). The highest BCUT2D eigenvalue weighted by Gasteiger charge is 2.37. The maximum absolute atomic E-state index is 14.2. The highest BCUT2D eigenvalue weighted by Crippen LogP contribution is 2.44. The van der Waals surface area contributed by atoms with Gasteiger partial charge < -0.3 is 4.90 Å². The summed E-state index contributed by atoms with van der Waals surface area (Å²) >= 11 is 6.97. The van der Waals surface area contributed by atoms with Crippen LogP contribution >= 0.6 is 23.4 Å². The Labute approximate surface area is 203 Å². The minimum Gasteiger partial charge on any atom is -0.366 e. The van der Waals surface area contributed by atoms with E-state index in [2.05, 4.69) is 44.7 Å². The van der Waals surface area contributed by atoms with Gasteiger partial charge in [0.15, 0.2) is 0 Å². The van der Waals surface area contributed by atoms with E-state index in [4.69, 9.17) is 11.6 Å². The number of rotatable bonds is 5. The third-order valence-electron chi connectivity index (χ3n) is 6.41. The third-order valence-corrected chi connectivity index (χ3v) is 7.67. The number of benzene rings is 2. The lowest BCUT2D eigenvalue weighted by Gasteiger charge is -2.47. The Morgan fingerprint density at radius 3 is 2.70 bits per heavy atom. The molecule has 4 nitrogen and oxygen atoms in total. The van der Waals surface area contributed by atoms with E-state index in [9.17, 15) is 14.0 Å². The summed E-state index contributed by atoms with van der Waals surface area (Å²) in [5, 5.41) is -0.228. The molecule has 0 N–H and O–H groups in total. The highest BCUT2D eigenvalue weighted by atomic mass is 35.5. The molecule has 2 aliphatic heterocycles. The van der Waals surface area contributed by atoms with Gasteiger partial charge in [-0.3, -0.25) is 14.5 Å².